The lowest BCUT2D eigenvalue weighted by Gasteiger charge is -2.02. The lowest BCUT2D eigenvalue weighted by Crippen LogP contribution is -1.96. The SMILES string of the molecule is Cc1ccc(C(=O)/C=C/c2ccc(/C=C/C(=O)c3ccc(C)c(C)c3)cc2)cc1C. The number of benzene rings is 3. The molecule has 3 aromatic carbocycles. The van der Waals surface area contributed by atoms with E-state index in [-0.39, 0.29) is 11.6 Å². The van der Waals surface area contributed by atoms with Crippen molar-refractivity contribution in [2.24, 2.45) is 0 Å². The molecule has 0 saturated heterocycles. The van der Waals surface area contributed by atoms with Crippen molar-refractivity contribution in [1.29, 1.82) is 0 Å². The maximum Gasteiger partial charge on any atom is 0.185 e. The molecule has 0 unspecified atom stereocenters. The molecule has 150 valence electrons. The Hall–Kier alpha value is -3.52. The van der Waals surface area contributed by atoms with Crippen molar-refractivity contribution >= 4 is 23.7 Å². The summed E-state index contributed by atoms with van der Waals surface area (Å²) < 4.78 is 0. The first-order chi connectivity index (χ1) is 14.3. The van der Waals surface area contributed by atoms with Crippen molar-refractivity contribution in [3.05, 3.63) is 117 Å². The summed E-state index contributed by atoms with van der Waals surface area (Å²) in [5.41, 5.74) is 7.83. The van der Waals surface area contributed by atoms with Crippen molar-refractivity contribution in [2.75, 3.05) is 0 Å². The number of hydrogen-bond acceptors (Lipinski definition) is 2. The summed E-state index contributed by atoms with van der Waals surface area (Å²) in [5, 5.41) is 0. The van der Waals surface area contributed by atoms with Crippen LogP contribution in [0.15, 0.2) is 72.8 Å². The van der Waals surface area contributed by atoms with Crippen LogP contribution in [0.2, 0.25) is 0 Å². The molecule has 30 heavy (non-hydrogen) atoms. The third kappa shape index (κ3) is 5.30. The predicted molar refractivity (Wildman–Crippen MR) is 125 cm³/mol. The maximum atomic E-state index is 12.4. The minimum Gasteiger partial charge on any atom is -0.289 e. The highest BCUT2D eigenvalue weighted by molar-refractivity contribution is 6.07. The summed E-state index contributed by atoms with van der Waals surface area (Å²) in [7, 11) is 0. The lowest BCUT2D eigenvalue weighted by molar-refractivity contribution is 0.103. The number of hydrogen-bond donors (Lipinski definition) is 0. The first-order valence-electron chi connectivity index (χ1n) is 10.0. The number of aryl methyl sites for hydroxylation is 4. The van der Waals surface area contributed by atoms with Gasteiger partial charge in [-0.2, -0.15) is 0 Å². The van der Waals surface area contributed by atoms with E-state index in [0.717, 1.165) is 22.3 Å². The summed E-state index contributed by atoms with van der Waals surface area (Å²) in [5.74, 6) is -0.0258. The molecule has 0 aliphatic rings. The third-order valence-electron chi connectivity index (χ3n) is 5.37. The summed E-state index contributed by atoms with van der Waals surface area (Å²) in [6, 6.07) is 19.2. The van der Waals surface area contributed by atoms with Gasteiger partial charge in [0.25, 0.3) is 0 Å². The summed E-state index contributed by atoms with van der Waals surface area (Å²) in [6.07, 6.45) is 6.81. The van der Waals surface area contributed by atoms with Crippen molar-refractivity contribution < 1.29 is 9.59 Å². The van der Waals surface area contributed by atoms with Crippen molar-refractivity contribution in [3.8, 4) is 0 Å². The van der Waals surface area contributed by atoms with Crippen molar-refractivity contribution in [2.45, 2.75) is 27.7 Å². The van der Waals surface area contributed by atoms with E-state index >= 15 is 0 Å². The Morgan fingerprint density at radius 1 is 0.533 bits per heavy atom. The number of rotatable bonds is 6. The average molecular weight is 395 g/mol. The van der Waals surface area contributed by atoms with E-state index in [2.05, 4.69) is 0 Å². The van der Waals surface area contributed by atoms with Gasteiger partial charge in [-0.15, -0.1) is 0 Å². The summed E-state index contributed by atoms with van der Waals surface area (Å²) >= 11 is 0. The molecule has 0 amide bonds. The topological polar surface area (TPSA) is 34.1 Å². The van der Waals surface area contributed by atoms with Gasteiger partial charge in [-0.05, 0) is 85.4 Å². The Morgan fingerprint density at radius 2 is 0.900 bits per heavy atom. The Balaban J connectivity index is 1.65. The van der Waals surface area contributed by atoms with Gasteiger partial charge in [0.15, 0.2) is 11.6 Å². The zero-order valence-corrected chi connectivity index (χ0v) is 17.9. The smallest absolute Gasteiger partial charge is 0.185 e. The fraction of sp³-hybridized carbons (Fsp3) is 0.143. The highest BCUT2D eigenvalue weighted by Crippen LogP contribution is 2.14. The molecule has 3 rings (SSSR count). The molecule has 2 nitrogen and oxygen atoms in total. The molecule has 2 heteroatoms. The van der Waals surface area contributed by atoms with Gasteiger partial charge in [0.05, 0.1) is 0 Å². The monoisotopic (exact) mass is 394 g/mol. The Morgan fingerprint density at radius 3 is 1.23 bits per heavy atom. The van der Waals surface area contributed by atoms with Crippen LogP contribution in [0, 0.1) is 27.7 Å². The second-order valence-electron chi connectivity index (χ2n) is 7.66. The van der Waals surface area contributed by atoms with E-state index in [0.29, 0.717) is 11.1 Å². The minimum atomic E-state index is -0.0129. The van der Waals surface area contributed by atoms with E-state index in [1.165, 1.54) is 11.1 Å². The van der Waals surface area contributed by atoms with Gasteiger partial charge in [-0.1, -0.05) is 60.7 Å². The van der Waals surface area contributed by atoms with E-state index in [9.17, 15) is 9.59 Å². The van der Waals surface area contributed by atoms with Gasteiger partial charge in [0, 0.05) is 11.1 Å². The van der Waals surface area contributed by atoms with Gasteiger partial charge in [0.2, 0.25) is 0 Å². The highest BCUT2D eigenvalue weighted by atomic mass is 16.1. The van der Waals surface area contributed by atoms with E-state index in [1.807, 2.05) is 101 Å². The van der Waals surface area contributed by atoms with Crippen LogP contribution in [0.5, 0.6) is 0 Å². The molecule has 0 N–H and O–H groups in total. The largest absolute Gasteiger partial charge is 0.289 e. The molecule has 0 radical (unpaired) electrons. The second-order valence-corrected chi connectivity index (χ2v) is 7.66. The maximum absolute atomic E-state index is 12.4. The van der Waals surface area contributed by atoms with Crippen LogP contribution in [-0.2, 0) is 0 Å². The normalized spacial score (nSPS) is 11.3. The van der Waals surface area contributed by atoms with Crippen LogP contribution < -0.4 is 0 Å². The first-order valence-corrected chi connectivity index (χ1v) is 10.0. The van der Waals surface area contributed by atoms with Gasteiger partial charge in [-0.25, -0.2) is 0 Å². The fourth-order valence-electron chi connectivity index (χ4n) is 3.04. The lowest BCUT2D eigenvalue weighted by atomic mass is 10.0. The van der Waals surface area contributed by atoms with Crippen LogP contribution in [0.4, 0.5) is 0 Å². The van der Waals surface area contributed by atoms with Gasteiger partial charge < -0.3 is 0 Å². The van der Waals surface area contributed by atoms with Gasteiger partial charge in [-0.3, -0.25) is 9.59 Å². The molecular weight excluding hydrogens is 368 g/mol. The van der Waals surface area contributed by atoms with Crippen LogP contribution >= 0.6 is 0 Å². The molecule has 0 saturated carbocycles. The molecule has 0 aromatic heterocycles. The first kappa shape index (κ1) is 21.2. The Kier molecular flexibility index (Phi) is 6.58. The Labute approximate surface area is 178 Å². The van der Waals surface area contributed by atoms with Crippen LogP contribution in [0.3, 0.4) is 0 Å². The molecule has 0 bridgehead atoms. The van der Waals surface area contributed by atoms with Crippen LogP contribution in [0.25, 0.3) is 12.2 Å². The average Bonchev–Trinajstić information content (AvgIpc) is 2.74. The predicted octanol–water partition coefficient (Wildman–Crippen LogP) is 6.71. The molecule has 0 spiro atoms. The minimum absolute atomic E-state index is 0.0129. The number of carbonyl (C=O) groups excluding carboxylic acids is 2. The number of ketones is 2. The third-order valence-corrected chi connectivity index (χ3v) is 5.37. The highest BCUT2D eigenvalue weighted by Gasteiger charge is 2.04. The summed E-state index contributed by atoms with van der Waals surface area (Å²) in [4.78, 5) is 24.7. The van der Waals surface area contributed by atoms with Crippen LogP contribution in [0.1, 0.15) is 54.1 Å². The quantitative estimate of drug-likeness (QED) is 0.344. The van der Waals surface area contributed by atoms with Gasteiger partial charge >= 0.3 is 0 Å². The zero-order valence-electron chi connectivity index (χ0n) is 17.9. The molecule has 0 fully saturated rings. The molecule has 0 heterocycles. The molecular formula is C28H26O2. The second kappa shape index (κ2) is 9.32. The Bertz CT molecular complexity index is 1050. The number of carbonyl (C=O) groups is 2. The van der Waals surface area contributed by atoms with Crippen LogP contribution in [-0.4, -0.2) is 11.6 Å². The van der Waals surface area contributed by atoms with E-state index < -0.39 is 0 Å². The fourth-order valence-corrected chi connectivity index (χ4v) is 3.04. The molecule has 3 aromatic rings. The standard InChI is InChI=1S/C28H26O2/c1-19-5-13-25(17-21(19)3)27(29)15-11-23-7-9-24(10-8-23)12-16-28(30)26-14-6-20(2)22(4)18-26/h5-18H,1-4H3/b15-11+,16-12+. The molecule has 0 atom stereocenters. The summed E-state index contributed by atoms with van der Waals surface area (Å²) in [6.45, 7) is 8.08. The van der Waals surface area contributed by atoms with Crippen molar-refractivity contribution in [3.63, 3.8) is 0 Å². The van der Waals surface area contributed by atoms with Crippen molar-refractivity contribution in [1.82, 2.24) is 0 Å². The zero-order chi connectivity index (χ0) is 21.7. The van der Waals surface area contributed by atoms with E-state index in [4.69, 9.17) is 0 Å². The molecule has 0 aliphatic carbocycles. The number of allylic oxidation sites excluding steroid dienone is 2. The van der Waals surface area contributed by atoms with E-state index in [1.54, 1.807) is 12.2 Å². The molecule has 0 aliphatic heterocycles. The van der Waals surface area contributed by atoms with Gasteiger partial charge in [0.1, 0.15) is 0 Å².